The molecule has 2 unspecified atom stereocenters. The highest BCUT2D eigenvalue weighted by Gasteiger charge is 2.40. The second-order valence-electron chi connectivity index (χ2n) is 5.75. The molecule has 1 heterocycles. The Morgan fingerprint density at radius 2 is 2.00 bits per heavy atom. The first kappa shape index (κ1) is 16.0. The number of nitrogens with zero attached hydrogens (tertiary/aromatic N) is 1. The van der Waals surface area contributed by atoms with E-state index >= 15 is 0 Å². The van der Waals surface area contributed by atoms with Gasteiger partial charge < -0.3 is 15.3 Å². The van der Waals surface area contributed by atoms with Crippen molar-refractivity contribution < 1.29 is 14.7 Å². The summed E-state index contributed by atoms with van der Waals surface area (Å²) in [5.74, 6) is -0.500. The first-order valence-electron chi connectivity index (χ1n) is 7.12. The van der Waals surface area contributed by atoms with Gasteiger partial charge in [-0.1, -0.05) is 13.3 Å². The van der Waals surface area contributed by atoms with E-state index in [1.807, 2.05) is 6.92 Å². The Hall–Kier alpha value is -1.10. The number of carbonyl (C=O) groups is 2. The van der Waals surface area contributed by atoms with Crippen LogP contribution in [0.5, 0.6) is 0 Å². The second kappa shape index (κ2) is 6.37. The molecule has 1 saturated heterocycles. The minimum Gasteiger partial charge on any atom is -0.480 e. The molecule has 1 aliphatic heterocycles. The van der Waals surface area contributed by atoms with E-state index in [2.05, 4.69) is 12.2 Å². The normalized spacial score (nSPS) is 24.0. The fraction of sp³-hybridized carbons (Fsp3) is 0.857. The molecule has 110 valence electrons. The first-order valence-corrected chi connectivity index (χ1v) is 7.12. The summed E-state index contributed by atoms with van der Waals surface area (Å²) in [5.41, 5.74) is -1.16. The molecule has 0 aromatic heterocycles. The Kier molecular flexibility index (Phi) is 5.35. The predicted octanol–water partition coefficient (Wildman–Crippen LogP) is 1.48. The van der Waals surface area contributed by atoms with Crippen molar-refractivity contribution in [2.75, 3.05) is 13.1 Å². The summed E-state index contributed by atoms with van der Waals surface area (Å²) in [6.45, 7) is 8.36. The van der Waals surface area contributed by atoms with Crippen molar-refractivity contribution in [3.05, 3.63) is 0 Å². The third kappa shape index (κ3) is 3.47. The molecule has 1 amide bonds. The summed E-state index contributed by atoms with van der Waals surface area (Å²) in [6.07, 6.45) is 2.97. The molecule has 5 heteroatoms. The number of carboxylic acids is 1. The zero-order valence-electron chi connectivity index (χ0n) is 12.4. The Labute approximate surface area is 115 Å². The number of carbonyl (C=O) groups excluding carboxylic acids is 1. The van der Waals surface area contributed by atoms with Gasteiger partial charge >= 0.3 is 5.97 Å². The van der Waals surface area contributed by atoms with Crippen LogP contribution in [0, 0.1) is 5.92 Å². The Bertz CT molecular complexity index is 342. The summed E-state index contributed by atoms with van der Waals surface area (Å²) in [4.78, 5) is 25.3. The molecule has 0 aromatic carbocycles. The number of carboxylic acid groups (broad SMARTS) is 1. The van der Waals surface area contributed by atoms with Crippen LogP contribution in [0.2, 0.25) is 0 Å². The smallest absolute Gasteiger partial charge is 0.329 e. The van der Waals surface area contributed by atoms with Crippen molar-refractivity contribution in [3.63, 3.8) is 0 Å². The number of likely N-dealkylation sites (N-methyl/N-ethyl adjacent to an activating group) is 1. The Morgan fingerprint density at radius 3 is 2.47 bits per heavy atom. The number of rotatable bonds is 5. The van der Waals surface area contributed by atoms with Crippen molar-refractivity contribution in [3.8, 4) is 0 Å². The maximum absolute atomic E-state index is 12.5. The molecule has 0 aliphatic carbocycles. The van der Waals surface area contributed by atoms with Crippen molar-refractivity contribution in [2.45, 2.75) is 58.5 Å². The van der Waals surface area contributed by atoms with Gasteiger partial charge in [0, 0.05) is 6.54 Å². The first-order chi connectivity index (χ1) is 8.84. The lowest BCUT2D eigenvalue weighted by molar-refractivity contribution is -0.158. The van der Waals surface area contributed by atoms with Gasteiger partial charge in [0.1, 0.15) is 5.54 Å². The van der Waals surface area contributed by atoms with Crippen molar-refractivity contribution in [1.82, 2.24) is 10.2 Å². The van der Waals surface area contributed by atoms with E-state index in [-0.39, 0.29) is 11.9 Å². The quantitative estimate of drug-likeness (QED) is 0.794. The van der Waals surface area contributed by atoms with Gasteiger partial charge in [-0.3, -0.25) is 4.79 Å². The highest BCUT2D eigenvalue weighted by atomic mass is 16.4. The monoisotopic (exact) mass is 270 g/mol. The van der Waals surface area contributed by atoms with E-state index in [4.69, 9.17) is 0 Å². The molecule has 1 fully saturated rings. The number of nitrogens with one attached hydrogen (secondary N) is 1. The van der Waals surface area contributed by atoms with Gasteiger partial charge in [-0.25, -0.2) is 4.79 Å². The molecule has 0 bridgehead atoms. The number of hydrogen-bond donors (Lipinski definition) is 2. The van der Waals surface area contributed by atoms with Crippen LogP contribution in [0.25, 0.3) is 0 Å². The molecular formula is C14H26N2O3. The molecule has 1 aliphatic rings. The van der Waals surface area contributed by atoms with Gasteiger partial charge in [0.05, 0.1) is 6.04 Å². The van der Waals surface area contributed by atoms with Crippen molar-refractivity contribution in [1.29, 1.82) is 0 Å². The van der Waals surface area contributed by atoms with Crippen LogP contribution in [0.1, 0.15) is 47.0 Å². The van der Waals surface area contributed by atoms with Gasteiger partial charge in [-0.2, -0.15) is 0 Å². The van der Waals surface area contributed by atoms with E-state index in [0.717, 1.165) is 25.8 Å². The summed E-state index contributed by atoms with van der Waals surface area (Å²) < 4.78 is 0. The van der Waals surface area contributed by atoms with Crippen LogP contribution >= 0.6 is 0 Å². The lowest BCUT2D eigenvalue weighted by Gasteiger charge is -2.39. The van der Waals surface area contributed by atoms with Gasteiger partial charge in [-0.15, -0.1) is 0 Å². The SMILES string of the molecule is CCC1CCNC(C(=O)N(CC)C(C)(C)C(=O)O)C1. The number of amides is 1. The average molecular weight is 270 g/mol. The average Bonchev–Trinajstić information content (AvgIpc) is 2.39. The van der Waals surface area contributed by atoms with Crippen molar-refractivity contribution >= 4 is 11.9 Å². The predicted molar refractivity (Wildman–Crippen MR) is 73.9 cm³/mol. The molecule has 1 rings (SSSR count). The molecule has 0 aromatic rings. The number of piperidine rings is 1. The minimum atomic E-state index is -1.16. The van der Waals surface area contributed by atoms with Gasteiger partial charge in [0.25, 0.3) is 0 Å². The highest BCUT2D eigenvalue weighted by Crippen LogP contribution is 2.23. The van der Waals surface area contributed by atoms with E-state index in [0.29, 0.717) is 12.5 Å². The number of aliphatic carboxylic acids is 1. The van der Waals surface area contributed by atoms with Crippen LogP contribution in [0.3, 0.4) is 0 Å². The molecule has 2 N–H and O–H groups in total. The van der Waals surface area contributed by atoms with Crippen molar-refractivity contribution in [2.24, 2.45) is 5.92 Å². The molecule has 0 radical (unpaired) electrons. The van der Waals surface area contributed by atoms with Crippen LogP contribution in [0.15, 0.2) is 0 Å². The topological polar surface area (TPSA) is 69.6 Å². The molecular weight excluding hydrogens is 244 g/mol. The minimum absolute atomic E-state index is 0.0898. The second-order valence-corrected chi connectivity index (χ2v) is 5.75. The van der Waals surface area contributed by atoms with E-state index < -0.39 is 11.5 Å². The highest BCUT2D eigenvalue weighted by molar-refractivity contribution is 5.89. The maximum atomic E-state index is 12.5. The van der Waals surface area contributed by atoms with E-state index in [9.17, 15) is 14.7 Å². The van der Waals surface area contributed by atoms with E-state index in [1.54, 1.807) is 13.8 Å². The zero-order chi connectivity index (χ0) is 14.6. The summed E-state index contributed by atoms with van der Waals surface area (Å²) >= 11 is 0. The third-order valence-electron chi connectivity index (χ3n) is 4.17. The fourth-order valence-corrected chi connectivity index (χ4v) is 2.69. The van der Waals surface area contributed by atoms with Crippen LogP contribution in [-0.2, 0) is 9.59 Å². The molecule has 5 nitrogen and oxygen atoms in total. The van der Waals surface area contributed by atoms with Crippen LogP contribution in [0.4, 0.5) is 0 Å². The zero-order valence-corrected chi connectivity index (χ0v) is 12.4. The van der Waals surface area contributed by atoms with Gasteiger partial charge in [-0.05, 0) is 46.1 Å². The van der Waals surface area contributed by atoms with Gasteiger partial charge in [0.2, 0.25) is 5.91 Å². The summed E-state index contributed by atoms with van der Waals surface area (Å²) in [6, 6.07) is -0.239. The third-order valence-corrected chi connectivity index (χ3v) is 4.17. The maximum Gasteiger partial charge on any atom is 0.329 e. The largest absolute Gasteiger partial charge is 0.480 e. The molecule has 0 saturated carbocycles. The number of hydrogen-bond acceptors (Lipinski definition) is 3. The molecule has 0 spiro atoms. The fourth-order valence-electron chi connectivity index (χ4n) is 2.69. The molecule has 2 atom stereocenters. The lowest BCUT2D eigenvalue weighted by Crippen LogP contribution is -2.59. The Morgan fingerprint density at radius 1 is 1.37 bits per heavy atom. The van der Waals surface area contributed by atoms with Gasteiger partial charge in [0.15, 0.2) is 0 Å². The van der Waals surface area contributed by atoms with Crippen LogP contribution in [-0.4, -0.2) is 46.6 Å². The van der Waals surface area contributed by atoms with Crippen LogP contribution < -0.4 is 5.32 Å². The van der Waals surface area contributed by atoms with E-state index in [1.165, 1.54) is 4.90 Å². The standard InChI is InChI=1S/C14H26N2O3/c1-5-10-7-8-15-11(9-10)12(17)16(6-2)14(3,4)13(18)19/h10-11,15H,5-9H2,1-4H3,(H,18,19). The summed E-state index contributed by atoms with van der Waals surface area (Å²) in [5, 5.41) is 12.5. The Balaban J connectivity index is 2.81. The summed E-state index contributed by atoms with van der Waals surface area (Å²) in [7, 11) is 0. The molecule has 19 heavy (non-hydrogen) atoms. The lowest BCUT2D eigenvalue weighted by atomic mass is 9.89.